The molecule has 6 atom stereocenters. The maximum atomic E-state index is 14.5. The number of carbonyl (C=O) groups is 4. The van der Waals surface area contributed by atoms with Crippen molar-refractivity contribution in [3.8, 4) is 0 Å². The molecule has 41 heavy (non-hydrogen) atoms. The predicted molar refractivity (Wildman–Crippen MR) is 137 cm³/mol. The minimum absolute atomic E-state index is 0.442. The average molecular weight is 634 g/mol. The van der Waals surface area contributed by atoms with Gasteiger partial charge in [-0.3, -0.25) is 28.6 Å². The van der Waals surface area contributed by atoms with Crippen LogP contribution in [0.4, 0.5) is 8.78 Å². The van der Waals surface area contributed by atoms with Gasteiger partial charge in [-0.1, -0.05) is 11.6 Å². The van der Waals surface area contributed by atoms with Crippen molar-refractivity contribution in [2.45, 2.75) is 103 Å². The van der Waals surface area contributed by atoms with Crippen molar-refractivity contribution >= 4 is 42.9 Å². The summed E-state index contributed by atoms with van der Waals surface area (Å²) in [5.41, 5.74) is -3.07. The molecule has 0 aliphatic carbocycles. The van der Waals surface area contributed by atoms with Crippen LogP contribution < -0.4 is 10.2 Å². The first-order chi connectivity index (χ1) is 18.8. The van der Waals surface area contributed by atoms with Crippen LogP contribution >= 0.6 is 19.3 Å². The highest BCUT2D eigenvalue weighted by molar-refractivity contribution is 7.54. The lowest BCUT2D eigenvalue weighted by molar-refractivity contribution is -0.199. The van der Waals surface area contributed by atoms with Crippen LogP contribution in [-0.2, 0) is 42.5 Å². The molecule has 2 aliphatic heterocycles. The van der Waals surface area contributed by atoms with Gasteiger partial charge >= 0.3 is 19.6 Å². The van der Waals surface area contributed by atoms with Crippen LogP contribution in [0.5, 0.6) is 0 Å². The van der Waals surface area contributed by atoms with Crippen LogP contribution in [0.3, 0.4) is 0 Å². The van der Waals surface area contributed by atoms with E-state index in [0.29, 0.717) is 4.90 Å². The molecule has 1 saturated heterocycles. The monoisotopic (exact) mass is 633 g/mol. The van der Waals surface area contributed by atoms with E-state index in [4.69, 9.17) is 30.3 Å². The summed E-state index contributed by atoms with van der Waals surface area (Å²) in [4.78, 5) is 49.3. The third-order valence-electron chi connectivity index (χ3n) is 5.83. The summed E-state index contributed by atoms with van der Waals surface area (Å²) in [6.45, 7) is 7.32. The molecule has 0 aromatic heterocycles. The van der Waals surface area contributed by atoms with Crippen molar-refractivity contribution in [1.82, 2.24) is 15.1 Å². The second-order valence-corrected chi connectivity index (χ2v) is 12.4. The zero-order valence-corrected chi connectivity index (χ0v) is 24.9. The van der Waals surface area contributed by atoms with E-state index >= 15 is 0 Å². The third kappa shape index (κ3) is 8.51. The van der Waals surface area contributed by atoms with Crippen molar-refractivity contribution in [2.75, 3.05) is 6.61 Å². The Balaban J connectivity index is 2.37. The zero-order valence-electron chi connectivity index (χ0n) is 23.2. The summed E-state index contributed by atoms with van der Waals surface area (Å²) in [5.74, 6) is -3.48. The molecule has 0 unspecified atom stereocenters. The molecule has 0 aromatic carbocycles. The van der Waals surface area contributed by atoms with Crippen LogP contribution in [-0.4, -0.2) is 100 Å². The molecule has 0 saturated carbocycles. The summed E-state index contributed by atoms with van der Waals surface area (Å²) in [5, 5.41) is 25.4. The van der Waals surface area contributed by atoms with Gasteiger partial charge in [0.1, 0.15) is 29.3 Å². The first-order valence-electron chi connectivity index (χ1n) is 12.6. The number of Topliss-reactive ketones (excluding diaryl/α,β-unsaturated/α-hetero) is 1. The van der Waals surface area contributed by atoms with Crippen molar-refractivity contribution in [3.05, 3.63) is 11.2 Å². The number of nitrogens with zero attached hydrogens (tertiary/aromatic N) is 1. The fourth-order valence-electron chi connectivity index (χ4n) is 3.78. The summed E-state index contributed by atoms with van der Waals surface area (Å²) in [6, 6.07) is -2.70. The first kappa shape index (κ1) is 35.2. The molecular weight excluding hydrogens is 599 g/mol. The topological polar surface area (TPSA) is 190 Å². The molecule has 2 aliphatic rings. The number of allylic oxidation sites excluding steroid dienone is 1. The summed E-state index contributed by atoms with van der Waals surface area (Å²) in [6.07, 6.45) is -11.2. The summed E-state index contributed by atoms with van der Waals surface area (Å²) >= 11 is 5.77. The number of amides is 1. The molecule has 18 heteroatoms. The van der Waals surface area contributed by atoms with Crippen LogP contribution in [0, 0.1) is 0 Å². The number of aliphatic hydroxyl groups is 2. The maximum absolute atomic E-state index is 14.5. The second kappa shape index (κ2) is 14.0. The SMILES string of the molecule is CC(C)OC(=O)[C@H](C)NP(=O)(N[C@@H](C)C(=O)OC(C)C)OC[C@@]1(C(F)F)O[C@@H](N2C=C(Cl)C(=O)CC2=O)[C@@H](O)[C@@H]1O. The number of halogens is 3. The van der Waals surface area contributed by atoms with Gasteiger partial charge in [-0.05, 0) is 41.5 Å². The first-order valence-corrected chi connectivity index (χ1v) is 14.6. The van der Waals surface area contributed by atoms with Gasteiger partial charge in [0.15, 0.2) is 17.6 Å². The number of nitrogens with one attached hydrogen (secondary N) is 2. The van der Waals surface area contributed by atoms with Gasteiger partial charge < -0.3 is 28.9 Å². The minimum Gasteiger partial charge on any atom is -0.462 e. The number of ketones is 1. The molecule has 1 amide bonds. The lowest BCUT2D eigenvalue weighted by Gasteiger charge is -2.34. The molecule has 4 N–H and O–H groups in total. The van der Waals surface area contributed by atoms with E-state index in [9.17, 15) is 42.7 Å². The third-order valence-corrected chi connectivity index (χ3v) is 8.08. The number of hydrogen-bond acceptors (Lipinski definition) is 11. The fraction of sp³-hybridized carbons (Fsp3) is 0.739. The van der Waals surface area contributed by atoms with Gasteiger partial charge in [0.05, 0.1) is 25.2 Å². The lowest BCUT2D eigenvalue weighted by atomic mass is 9.96. The van der Waals surface area contributed by atoms with Gasteiger partial charge in [-0.2, -0.15) is 0 Å². The molecule has 0 aromatic rings. The Morgan fingerprint density at radius 3 is 2.02 bits per heavy atom. The number of hydrogen-bond donors (Lipinski definition) is 4. The number of esters is 2. The lowest BCUT2D eigenvalue weighted by Crippen LogP contribution is -2.53. The second-order valence-electron chi connectivity index (χ2n) is 10.1. The quantitative estimate of drug-likeness (QED) is 0.127. The van der Waals surface area contributed by atoms with E-state index in [1.54, 1.807) is 27.7 Å². The van der Waals surface area contributed by atoms with E-state index in [0.717, 1.165) is 6.20 Å². The van der Waals surface area contributed by atoms with Gasteiger partial charge in [0.2, 0.25) is 5.91 Å². The smallest absolute Gasteiger partial charge is 0.342 e. The Bertz CT molecular complexity index is 1060. The van der Waals surface area contributed by atoms with Gasteiger partial charge in [-0.15, -0.1) is 0 Å². The van der Waals surface area contributed by atoms with Gasteiger partial charge in [0, 0.05) is 6.20 Å². The number of ether oxygens (including phenoxy) is 3. The van der Waals surface area contributed by atoms with E-state index in [1.807, 2.05) is 0 Å². The number of rotatable bonds is 13. The van der Waals surface area contributed by atoms with Crippen LogP contribution in [0.1, 0.15) is 48.0 Å². The van der Waals surface area contributed by atoms with Crippen LogP contribution in [0.2, 0.25) is 0 Å². The Hall–Kier alpha value is -2.04. The average Bonchev–Trinajstić information content (AvgIpc) is 3.10. The van der Waals surface area contributed by atoms with Crippen LogP contribution in [0.25, 0.3) is 0 Å². The van der Waals surface area contributed by atoms with E-state index in [2.05, 4.69) is 10.2 Å². The zero-order chi connectivity index (χ0) is 31.4. The highest BCUT2D eigenvalue weighted by Crippen LogP contribution is 2.45. The molecule has 0 bridgehead atoms. The molecule has 1 fully saturated rings. The highest BCUT2D eigenvalue weighted by Gasteiger charge is 2.62. The Morgan fingerprint density at radius 2 is 1.59 bits per heavy atom. The highest BCUT2D eigenvalue weighted by atomic mass is 35.5. The standard InChI is InChI=1S/C23H35ClF2N3O11P/c1-10(2)38-20(34)12(5)27-41(36,28-13(6)21(35)39-11(3)4)37-9-23(22(25)26)18(33)17(32)19(40-23)29-8-14(24)15(30)7-16(29)31/h8,10-13,17-19,22,32-33H,7,9H2,1-6H3,(H2,27,28,36)/t12-,13-,17-,18-,19+,23+/m0/s1. The largest absolute Gasteiger partial charge is 0.462 e. The van der Waals surface area contributed by atoms with E-state index in [1.165, 1.54) is 13.8 Å². The summed E-state index contributed by atoms with van der Waals surface area (Å²) in [7, 11) is -4.66. The Kier molecular flexibility index (Phi) is 12.0. The van der Waals surface area contributed by atoms with Crippen LogP contribution in [0.15, 0.2) is 11.2 Å². The Labute approximate surface area is 240 Å². The normalized spacial score (nSPS) is 26.9. The summed E-state index contributed by atoms with van der Waals surface area (Å²) < 4.78 is 63.4. The maximum Gasteiger partial charge on any atom is 0.342 e. The molecule has 234 valence electrons. The number of alkyl halides is 2. The number of carbonyl (C=O) groups excluding carboxylic acids is 4. The molecular formula is C23H35ClF2N3O11P. The minimum atomic E-state index is -4.66. The van der Waals surface area contributed by atoms with Crippen molar-refractivity contribution < 1.29 is 61.5 Å². The van der Waals surface area contributed by atoms with E-state index < -0.39 is 104 Å². The van der Waals surface area contributed by atoms with E-state index in [-0.39, 0.29) is 0 Å². The van der Waals surface area contributed by atoms with Crippen molar-refractivity contribution in [1.29, 1.82) is 0 Å². The number of aliphatic hydroxyl groups excluding tert-OH is 2. The van der Waals surface area contributed by atoms with Crippen molar-refractivity contribution in [3.63, 3.8) is 0 Å². The molecule has 0 spiro atoms. The van der Waals surface area contributed by atoms with Crippen molar-refractivity contribution in [2.24, 2.45) is 0 Å². The molecule has 0 radical (unpaired) electrons. The molecule has 14 nitrogen and oxygen atoms in total. The van der Waals surface area contributed by atoms with Gasteiger partial charge in [-0.25, -0.2) is 19.0 Å². The molecule has 2 heterocycles. The van der Waals surface area contributed by atoms with Gasteiger partial charge in [0.25, 0.3) is 6.43 Å². The predicted octanol–water partition coefficient (Wildman–Crippen LogP) is 0.934. The molecule has 2 rings (SSSR count). The Morgan fingerprint density at radius 1 is 1.10 bits per heavy atom. The fourth-order valence-corrected chi connectivity index (χ4v) is 5.79.